The zero-order valence-corrected chi connectivity index (χ0v) is 14.4. The number of ether oxygens (including phenoxy) is 2. The Balaban J connectivity index is 1.75. The highest BCUT2D eigenvalue weighted by Crippen LogP contribution is 2.30. The Morgan fingerprint density at radius 2 is 1.92 bits per heavy atom. The fourth-order valence-electron chi connectivity index (χ4n) is 2.40. The largest absolute Gasteiger partial charge is 0.493 e. The van der Waals surface area contributed by atoms with Crippen LogP contribution >= 0.6 is 0 Å². The molecule has 3 aromatic rings. The van der Waals surface area contributed by atoms with Gasteiger partial charge in [0, 0.05) is 18.0 Å². The number of hydrogen-bond donors (Lipinski definition) is 1. The molecule has 0 aliphatic rings. The second kappa shape index (κ2) is 7.69. The van der Waals surface area contributed by atoms with Crippen molar-refractivity contribution in [1.29, 1.82) is 0 Å². The zero-order chi connectivity index (χ0) is 18.5. The molecule has 26 heavy (non-hydrogen) atoms. The lowest BCUT2D eigenvalue weighted by molar-refractivity contribution is 0.102. The van der Waals surface area contributed by atoms with Crippen LogP contribution in [0.4, 0.5) is 10.1 Å². The third-order valence-corrected chi connectivity index (χ3v) is 3.63. The summed E-state index contributed by atoms with van der Waals surface area (Å²) in [5, 5.41) is 6.99. The number of carbonyl (C=O) groups is 1. The zero-order valence-electron chi connectivity index (χ0n) is 14.4. The Kier molecular flexibility index (Phi) is 5.17. The van der Waals surface area contributed by atoms with E-state index in [1.165, 1.54) is 23.9 Å². The summed E-state index contributed by atoms with van der Waals surface area (Å²) in [6.07, 6.45) is 1.64. The van der Waals surface area contributed by atoms with E-state index >= 15 is 0 Å². The van der Waals surface area contributed by atoms with E-state index in [9.17, 15) is 9.18 Å². The van der Waals surface area contributed by atoms with Crippen molar-refractivity contribution in [2.24, 2.45) is 0 Å². The minimum absolute atomic E-state index is 0.238. The number of hydrogen-bond acceptors (Lipinski definition) is 4. The molecular formula is C19H18FN3O3. The minimum atomic E-state index is -0.364. The van der Waals surface area contributed by atoms with Gasteiger partial charge in [-0.15, -0.1) is 0 Å². The number of amides is 1. The Bertz CT molecular complexity index is 907. The van der Waals surface area contributed by atoms with Crippen molar-refractivity contribution in [3.05, 3.63) is 66.2 Å². The second-order valence-corrected chi connectivity index (χ2v) is 5.37. The van der Waals surface area contributed by atoms with Crippen LogP contribution in [0.5, 0.6) is 11.5 Å². The Morgan fingerprint density at radius 1 is 1.15 bits per heavy atom. The highest BCUT2D eigenvalue weighted by atomic mass is 19.1. The molecule has 1 aromatic heterocycles. The Morgan fingerprint density at radius 3 is 2.62 bits per heavy atom. The minimum Gasteiger partial charge on any atom is -0.493 e. The maximum absolute atomic E-state index is 13.0. The van der Waals surface area contributed by atoms with E-state index in [0.717, 1.165) is 0 Å². The molecule has 0 atom stereocenters. The molecule has 1 N–H and O–H groups in total. The smallest absolute Gasteiger partial charge is 0.276 e. The molecule has 134 valence electrons. The molecule has 1 heterocycles. The van der Waals surface area contributed by atoms with Crippen LogP contribution in [0.1, 0.15) is 17.4 Å². The summed E-state index contributed by atoms with van der Waals surface area (Å²) in [6.45, 7) is 2.40. The first-order chi connectivity index (χ1) is 12.6. The lowest BCUT2D eigenvalue weighted by atomic mass is 10.2. The van der Waals surface area contributed by atoms with Crippen LogP contribution in [0.3, 0.4) is 0 Å². The molecule has 0 saturated carbocycles. The summed E-state index contributed by atoms with van der Waals surface area (Å²) >= 11 is 0. The molecule has 0 bridgehead atoms. The van der Waals surface area contributed by atoms with Crippen molar-refractivity contribution in [3.63, 3.8) is 0 Å². The van der Waals surface area contributed by atoms with Crippen molar-refractivity contribution in [2.75, 3.05) is 19.0 Å². The van der Waals surface area contributed by atoms with Crippen LogP contribution < -0.4 is 14.8 Å². The van der Waals surface area contributed by atoms with Crippen molar-refractivity contribution >= 4 is 11.6 Å². The highest BCUT2D eigenvalue weighted by molar-refractivity contribution is 6.03. The quantitative estimate of drug-likeness (QED) is 0.733. The van der Waals surface area contributed by atoms with Crippen molar-refractivity contribution in [3.8, 4) is 17.2 Å². The van der Waals surface area contributed by atoms with Crippen LogP contribution in [0.25, 0.3) is 5.69 Å². The standard InChI is InChI=1S/C19H18FN3O3/c1-3-26-17-9-6-14(12-18(17)25-2)21-19(24)16-10-11-23(22-16)15-7-4-13(20)5-8-15/h4-12H,3H2,1-2H3,(H,21,24). The summed E-state index contributed by atoms with van der Waals surface area (Å²) in [7, 11) is 1.54. The average Bonchev–Trinajstić information content (AvgIpc) is 3.14. The van der Waals surface area contributed by atoms with Gasteiger partial charge in [-0.1, -0.05) is 0 Å². The predicted octanol–water partition coefficient (Wildman–Crippen LogP) is 3.67. The highest BCUT2D eigenvalue weighted by Gasteiger charge is 2.12. The summed E-state index contributed by atoms with van der Waals surface area (Å²) < 4.78 is 25.2. The van der Waals surface area contributed by atoms with Crippen molar-refractivity contribution in [2.45, 2.75) is 6.92 Å². The van der Waals surface area contributed by atoms with E-state index in [-0.39, 0.29) is 17.4 Å². The molecule has 0 fully saturated rings. The molecule has 7 heteroatoms. The van der Waals surface area contributed by atoms with Crippen LogP contribution in [0, 0.1) is 5.82 Å². The fraction of sp³-hybridized carbons (Fsp3) is 0.158. The Labute approximate surface area is 150 Å². The molecule has 0 unspecified atom stereocenters. The van der Waals surface area contributed by atoms with Crippen LogP contribution in [-0.2, 0) is 0 Å². The number of rotatable bonds is 6. The number of anilines is 1. The Hall–Kier alpha value is -3.35. The van der Waals surface area contributed by atoms with Crippen LogP contribution in [-0.4, -0.2) is 29.4 Å². The topological polar surface area (TPSA) is 65.4 Å². The maximum Gasteiger partial charge on any atom is 0.276 e. The van der Waals surface area contributed by atoms with Gasteiger partial charge in [0.15, 0.2) is 17.2 Å². The van der Waals surface area contributed by atoms with E-state index in [0.29, 0.717) is 29.5 Å². The fourth-order valence-corrected chi connectivity index (χ4v) is 2.40. The number of carbonyl (C=O) groups excluding carboxylic acids is 1. The first kappa shape index (κ1) is 17.5. The monoisotopic (exact) mass is 355 g/mol. The number of aromatic nitrogens is 2. The van der Waals surface area contributed by atoms with E-state index in [1.54, 1.807) is 42.6 Å². The summed E-state index contributed by atoms with van der Waals surface area (Å²) in [6, 6.07) is 12.6. The number of methoxy groups -OCH3 is 1. The van der Waals surface area contributed by atoms with Crippen molar-refractivity contribution in [1.82, 2.24) is 9.78 Å². The van der Waals surface area contributed by atoms with Gasteiger partial charge in [-0.05, 0) is 49.4 Å². The number of nitrogens with zero attached hydrogens (tertiary/aromatic N) is 2. The van der Waals surface area contributed by atoms with Gasteiger partial charge >= 0.3 is 0 Å². The summed E-state index contributed by atoms with van der Waals surface area (Å²) in [5.74, 6) is 0.440. The molecule has 2 aromatic carbocycles. The lowest BCUT2D eigenvalue weighted by Gasteiger charge is -2.11. The first-order valence-corrected chi connectivity index (χ1v) is 8.04. The summed E-state index contributed by atoms with van der Waals surface area (Å²) in [5.41, 5.74) is 1.46. The number of nitrogens with one attached hydrogen (secondary N) is 1. The molecule has 3 rings (SSSR count). The van der Waals surface area contributed by atoms with Gasteiger partial charge in [0.05, 0.1) is 19.4 Å². The molecule has 0 aliphatic carbocycles. The normalized spacial score (nSPS) is 10.4. The van der Waals surface area contributed by atoms with E-state index in [1.807, 2.05) is 6.92 Å². The molecule has 0 radical (unpaired) electrons. The molecule has 6 nitrogen and oxygen atoms in total. The van der Waals surface area contributed by atoms with Crippen molar-refractivity contribution < 1.29 is 18.7 Å². The van der Waals surface area contributed by atoms with E-state index in [4.69, 9.17) is 9.47 Å². The van der Waals surface area contributed by atoms with Gasteiger partial charge in [-0.2, -0.15) is 5.10 Å². The van der Waals surface area contributed by atoms with E-state index in [2.05, 4.69) is 10.4 Å². The first-order valence-electron chi connectivity index (χ1n) is 8.04. The number of benzene rings is 2. The van der Waals surface area contributed by atoms with Gasteiger partial charge in [0.1, 0.15) is 5.82 Å². The van der Waals surface area contributed by atoms with Gasteiger partial charge in [0.25, 0.3) is 5.91 Å². The van der Waals surface area contributed by atoms with Gasteiger partial charge in [-0.25, -0.2) is 9.07 Å². The second-order valence-electron chi connectivity index (χ2n) is 5.37. The predicted molar refractivity (Wildman–Crippen MR) is 95.6 cm³/mol. The number of halogens is 1. The molecule has 0 spiro atoms. The third kappa shape index (κ3) is 3.83. The third-order valence-electron chi connectivity index (χ3n) is 3.63. The SMILES string of the molecule is CCOc1ccc(NC(=O)c2ccn(-c3ccc(F)cc3)n2)cc1OC. The van der Waals surface area contributed by atoms with Crippen LogP contribution in [0.2, 0.25) is 0 Å². The van der Waals surface area contributed by atoms with E-state index < -0.39 is 0 Å². The van der Waals surface area contributed by atoms with Gasteiger partial charge in [-0.3, -0.25) is 4.79 Å². The van der Waals surface area contributed by atoms with Gasteiger partial charge in [0.2, 0.25) is 0 Å². The molecular weight excluding hydrogens is 337 g/mol. The lowest BCUT2D eigenvalue weighted by Crippen LogP contribution is -2.13. The van der Waals surface area contributed by atoms with Gasteiger partial charge < -0.3 is 14.8 Å². The van der Waals surface area contributed by atoms with Crippen LogP contribution in [0.15, 0.2) is 54.7 Å². The molecule has 0 aliphatic heterocycles. The maximum atomic E-state index is 13.0. The average molecular weight is 355 g/mol. The molecule has 0 saturated heterocycles. The summed E-state index contributed by atoms with van der Waals surface area (Å²) in [4.78, 5) is 12.4. The molecule has 1 amide bonds.